The van der Waals surface area contributed by atoms with Gasteiger partial charge in [0.2, 0.25) is 5.91 Å². The van der Waals surface area contributed by atoms with Gasteiger partial charge in [0, 0.05) is 32.1 Å². The maximum absolute atomic E-state index is 13.2. The number of piperidine rings is 1. The van der Waals surface area contributed by atoms with E-state index < -0.39 is 0 Å². The molecule has 2 saturated heterocycles. The van der Waals surface area contributed by atoms with E-state index in [1.807, 2.05) is 0 Å². The maximum Gasteiger partial charge on any atom is 0.225 e. The van der Waals surface area contributed by atoms with Crippen LogP contribution < -0.4 is 0 Å². The number of nitrogens with zero attached hydrogens (tertiary/aromatic N) is 2. The molecule has 182 valence electrons. The fraction of sp³-hybridized carbons (Fsp3) is 0.964. The third-order valence-corrected chi connectivity index (χ3v) is 8.31. The van der Waals surface area contributed by atoms with E-state index >= 15 is 0 Å². The smallest absolute Gasteiger partial charge is 0.225 e. The molecule has 0 saturated carbocycles. The standard InChI is InChI=1S/C28H54N2O/c1-5-9-12-14-25(8-4)17-20-29-23-28(24-29)18-21-30(22-19-28)27(31)26(15-11-7-3)16-13-10-6-2/h25-26H,5-24H2,1-4H3. The Hall–Kier alpha value is -0.570. The van der Waals surface area contributed by atoms with Gasteiger partial charge in [0.05, 0.1) is 0 Å². The Kier molecular flexibility index (Phi) is 12.5. The Balaban J connectivity index is 1.70. The zero-order valence-electron chi connectivity index (χ0n) is 21.6. The highest BCUT2D eigenvalue weighted by Crippen LogP contribution is 2.41. The molecule has 1 amide bonds. The number of carbonyl (C=O) groups excluding carboxylic acids is 1. The van der Waals surface area contributed by atoms with Crippen molar-refractivity contribution in [1.29, 1.82) is 0 Å². The van der Waals surface area contributed by atoms with E-state index in [4.69, 9.17) is 0 Å². The first-order chi connectivity index (χ1) is 15.1. The van der Waals surface area contributed by atoms with Crippen LogP contribution in [-0.2, 0) is 4.79 Å². The first kappa shape index (κ1) is 26.7. The predicted octanol–water partition coefficient (Wildman–Crippen LogP) is 7.29. The van der Waals surface area contributed by atoms with Crippen molar-refractivity contribution < 1.29 is 4.79 Å². The van der Waals surface area contributed by atoms with Crippen molar-refractivity contribution in [3.63, 3.8) is 0 Å². The molecule has 0 radical (unpaired) electrons. The summed E-state index contributed by atoms with van der Waals surface area (Å²) in [4.78, 5) is 18.2. The molecule has 0 aromatic heterocycles. The second-order valence-corrected chi connectivity index (χ2v) is 10.9. The average Bonchev–Trinajstić information content (AvgIpc) is 2.77. The minimum Gasteiger partial charge on any atom is -0.342 e. The van der Waals surface area contributed by atoms with Crippen LogP contribution in [0.15, 0.2) is 0 Å². The van der Waals surface area contributed by atoms with Gasteiger partial charge in [-0.25, -0.2) is 0 Å². The van der Waals surface area contributed by atoms with Gasteiger partial charge in [0.25, 0.3) is 0 Å². The molecule has 2 atom stereocenters. The molecule has 3 heteroatoms. The van der Waals surface area contributed by atoms with Crippen LogP contribution in [0.4, 0.5) is 0 Å². The van der Waals surface area contributed by atoms with E-state index in [1.165, 1.54) is 103 Å². The van der Waals surface area contributed by atoms with Gasteiger partial charge < -0.3 is 9.80 Å². The van der Waals surface area contributed by atoms with Gasteiger partial charge in [-0.3, -0.25) is 4.79 Å². The van der Waals surface area contributed by atoms with E-state index in [1.54, 1.807) is 0 Å². The predicted molar refractivity (Wildman–Crippen MR) is 134 cm³/mol. The highest BCUT2D eigenvalue weighted by Gasteiger charge is 2.45. The molecule has 0 aliphatic carbocycles. The minimum atomic E-state index is 0.289. The topological polar surface area (TPSA) is 23.6 Å². The Morgan fingerprint density at radius 3 is 1.94 bits per heavy atom. The summed E-state index contributed by atoms with van der Waals surface area (Å²) in [5.41, 5.74) is 0.530. The SMILES string of the molecule is CCCCCC(CC)CCN1CC2(CCN(C(=O)C(CCCC)CCCCC)CC2)C1. The summed E-state index contributed by atoms with van der Waals surface area (Å²) < 4.78 is 0. The van der Waals surface area contributed by atoms with E-state index in [0.29, 0.717) is 11.3 Å². The van der Waals surface area contributed by atoms with E-state index in [-0.39, 0.29) is 5.92 Å². The summed E-state index contributed by atoms with van der Waals surface area (Å²) in [5.74, 6) is 1.70. The minimum absolute atomic E-state index is 0.289. The Morgan fingerprint density at radius 1 is 0.774 bits per heavy atom. The lowest BCUT2D eigenvalue weighted by atomic mass is 9.71. The van der Waals surface area contributed by atoms with Crippen molar-refractivity contribution in [2.24, 2.45) is 17.3 Å². The number of hydrogen-bond acceptors (Lipinski definition) is 2. The molecule has 2 heterocycles. The molecule has 2 unspecified atom stereocenters. The van der Waals surface area contributed by atoms with Crippen molar-refractivity contribution in [2.45, 2.75) is 124 Å². The number of hydrogen-bond donors (Lipinski definition) is 0. The van der Waals surface area contributed by atoms with Gasteiger partial charge in [-0.05, 0) is 50.0 Å². The summed E-state index contributed by atoms with van der Waals surface area (Å²) >= 11 is 0. The Bertz CT molecular complexity index is 475. The number of carbonyl (C=O) groups is 1. The van der Waals surface area contributed by atoms with Crippen molar-refractivity contribution in [3.8, 4) is 0 Å². The quantitative estimate of drug-likeness (QED) is 0.238. The van der Waals surface area contributed by atoms with E-state index in [2.05, 4.69) is 37.5 Å². The van der Waals surface area contributed by atoms with Crippen LogP contribution in [0.3, 0.4) is 0 Å². The molecule has 2 fully saturated rings. The van der Waals surface area contributed by atoms with Crippen LogP contribution in [0.5, 0.6) is 0 Å². The molecular weight excluding hydrogens is 380 g/mol. The summed E-state index contributed by atoms with van der Waals surface area (Å²) in [5, 5.41) is 0. The molecule has 2 rings (SSSR count). The van der Waals surface area contributed by atoms with Gasteiger partial charge >= 0.3 is 0 Å². The molecule has 0 aromatic carbocycles. The summed E-state index contributed by atoms with van der Waals surface area (Å²) in [6.45, 7) is 15.1. The lowest BCUT2D eigenvalue weighted by molar-refractivity contribution is -0.141. The van der Waals surface area contributed by atoms with E-state index in [0.717, 1.165) is 31.8 Å². The highest BCUT2D eigenvalue weighted by molar-refractivity contribution is 5.79. The van der Waals surface area contributed by atoms with E-state index in [9.17, 15) is 4.79 Å². The zero-order chi connectivity index (χ0) is 22.5. The fourth-order valence-electron chi connectivity index (χ4n) is 5.92. The Morgan fingerprint density at radius 2 is 1.35 bits per heavy atom. The lowest BCUT2D eigenvalue weighted by Gasteiger charge is -2.54. The highest BCUT2D eigenvalue weighted by atomic mass is 16.2. The van der Waals surface area contributed by atoms with Crippen molar-refractivity contribution in [1.82, 2.24) is 9.80 Å². The third-order valence-electron chi connectivity index (χ3n) is 8.31. The number of likely N-dealkylation sites (tertiary alicyclic amines) is 2. The first-order valence-corrected chi connectivity index (χ1v) is 14.1. The largest absolute Gasteiger partial charge is 0.342 e. The van der Waals surface area contributed by atoms with Gasteiger partial charge in [-0.15, -0.1) is 0 Å². The lowest BCUT2D eigenvalue weighted by Crippen LogP contribution is -2.61. The summed E-state index contributed by atoms with van der Waals surface area (Å²) in [6.07, 6.45) is 19.1. The molecular formula is C28H54N2O. The van der Waals surface area contributed by atoms with Gasteiger partial charge in [0.1, 0.15) is 0 Å². The van der Waals surface area contributed by atoms with Crippen LogP contribution in [0.25, 0.3) is 0 Å². The molecule has 0 N–H and O–H groups in total. The molecule has 0 bridgehead atoms. The maximum atomic E-state index is 13.2. The Labute approximate surface area is 194 Å². The number of amides is 1. The second kappa shape index (κ2) is 14.6. The number of unbranched alkanes of at least 4 members (excludes halogenated alkanes) is 5. The normalized spacial score (nSPS) is 20.6. The van der Waals surface area contributed by atoms with Crippen LogP contribution in [-0.4, -0.2) is 48.4 Å². The van der Waals surface area contributed by atoms with Crippen LogP contribution in [0, 0.1) is 17.3 Å². The molecule has 1 spiro atoms. The summed E-state index contributed by atoms with van der Waals surface area (Å²) in [6, 6.07) is 0. The van der Waals surface area contributed by atoms with Crippen molar-refractivity contribution in [2.75, 3.05) is 32.7 Å². The molecule has 31 heavy (non-hydrogen) atoms. The fourth-order valence-corrected chi connectivity index (χ4v) is 5.92. The molecule has 3 nitrogen and oxygen atoms in total. The van der Waals surface area contributed by atoms with Gasteiger partial charge in [0.15, 0.2) is 0 Å². The average molecular weight is 435 g/mol. The van der Waals surface area contributed by atoms with Crippen LogP contribution >= 0.6 is 0 Å². The third kappa shape index (κ3) is 8.71. The van der Waals surface area contributed by atoms with Crippen LogP contribution in [0.1, 0.15) is 124 Å². The molecule has 0 aromatic rings. The molecule has 2 aliphatic rings. The summed E-state index contributed by atoms with van der Waals surface area (Å²) in [7, 11) is 0. The van der Waals surface area contributed by atoms with Gasteiger partial charge in [-0.2, -0.15) is 0 Å². The first-order valence-electron chi connectivity index (χ1n) is 14.1. The van der Waals surface area contributed by atoms with Crippen molar-refractivity contribution >= 4 is 5.91 Å². The van der Waals surface area contributed by atoms with Crippen LogP contribution in [0.2, 0.25) is 0 Å². The monoisotopic (exact) mass is 434 g/mol. The van der Waals surface area contributed by atoms with Crippen molar-refractivity contribution in [3.05, 3.63) is 0 Å². The number of rotatable bonds is 16. The molecule has 2 aliphatic heterocycles. The van der Waals surface area contributed by atoms with Gasteiger partial charge in [-0.1, -0.05) is 91.9 Å². The zero-order valence-corrected chi connectivity index (χ0v) is 21.6. The second-order valence-electron chi connectivity index (χ2n) is 10.9.